The number of carbonyl (C=O) groups excluding carboxylic acids is 1. The molecular weight excluding hydrogens is 678 g/mol. The molecule has 0 radical (unpaired) electrons. The number of ether oxygens (including phenoxy) is 1. The molecule has 1 atom stereocenters. The number of fused-ring (bicyclic) bond motifs is 1. The van der Waals surface area contributed by atoms with Crippen molar-refractivity contribution in [3.05, 3.63) is 87.6 Å². The number of para-hydroxylation sites is 1. The molecule has 2 saturated heterocycles. The van der Waals surface area contributed by atoms with Crippen LogP contribution in [-0.2, 0) is 25.5 Å². The number of piperazine rings is 1. The Morgan fingerprint density at radius 2 is 1.83 bits per heavy atom. The van der Waals surface area contributed by atoms with Crippen molar-refractivity contribution in [1.29, 1.82) is 0 Å². The van der Waals surface area contributed by atoms with Crippen LogP contribution in [0.3, 0.4) is 0 Å². The number of benzene rings is 2. The van der Waals surface area contributed by atoms with E-state index in [-0.39, 0.29) is 72.1 Å². The smallest absolute Gasteiger partial charge is 0.380 e. The Kier molecular flexibility index (Phi) is 8.58. The molecule has 0 saturated carbocycles. The lowest BCUT2D eigenvalue weighted by Crippen LogP contribution is -2.54. The molecule has 1 amide bonds. The third kappa shape index (κ3) is 5.83. The molecule has 16 heteroatoms. The molecule has 10 nitrogen and oxygen atoms in total. The van der Waals surface area contributed by atoms with Crippen molar-refractivity contribution in [2.45, 2.75) is 30.0 Å². The molecule has 48 heavy (non-hydrogen) atoms. The molecule has 2 aliphatic heterocycles. The lowest BCUT2D eigenvalue weighted by atomic mass is 9.95. The summed E-state index contributed by atoms with van der Waals surface area (Å²) in [5.41, 5.74) is -3.88. The van der Waals surface area contributed by atoms with E-state index in [0.717, 1.165) is 35.1 Å². The number of halogens is 5. The summed E-state index contributed by atoms with van der Waals surface area (Å²) >= 11 is 6.25. The molecule has 2 aliphatic rings. The Morgan fingerprint density at radius 3 is 2.44 bits per heavy atom. The van der Waals surface area contributed by atoms with Crippen LogP contribution in [0.2, 0.25) is 5.02 Å². The second-order valence-corrected chi connectivity index (χ2v) is 14.0. The van der Waals surface area contributed by atoms with E-state index in [1.54, 1.807) is 22.8 Å². The summed E-state index contributed by atoms with van der Waals surface area (Å²) in [6, 6.07) is 7.83. The van der Waals surface area contributed by atoms with E-state index in [1.807, 2.05) is 0 Å². The third-order valence-corrected chi connectivity index (χ3v) is 9.92. The summed E-state index contributed by atoms with van der Waals surface area (Å²) < 4.78 is 91.3. The third-order valence-electron chi connectivity index (χ3n) is 8.47. The molecule has 252 valence electrons. The monoisotopic (exact) mass is 705 g/mol. The lowest BCUT2D eigenvalue weighted by molar-refractivity contribution is -0.137. The van der Waals surface area contributed by atoms with E-state index < -0.39 is 55.4 Å². The quantitative estimate of drug-likeness (QED) is 0.204. The van der Waals surface area contributed by atoms with Crippen molar-refractivity contribution < 1.29 is 35.5 Å². The van der Waals surface area contributed by atoms with E-state index in [0.29, 0.717) is 5.56 Å². The SMILES string of the molecule is C=CC(=O)N1CCN(c2nc(=O)n(-c3c(C4COC4)cccc3S(C)(=O)=O)c3nc(-c4c(Cl)cccc4C(F)(F)F)c(F)cc23)[C@@H](C)C1. The maximum absolute atomic E-state index is 16.2. The fraction of sp³-hybridized carbons (Fsp3) is 0.312. The topological polar surface area (TPSA) is 115 Å². The van der Waals surface area contributed by atoms with Gasteiger partial charge in [-0.25, -0.2) is 27.2 Å². The zero-order chi connectivity index (χ0) is 34.7. The van der Waals surface area contributed by atoms with Crippen molar-refractivity contribution in [3.63, 3.8) is 0 Å². The van der Waals surface area contributed by atoms with E-state index in [1.165, 1.54) is 18.2 Å². The van der Waals surface area contributed by atoms with Crippen molar-refractivity contribution in [1.82, 2.24) is 19.4 Å². The van der Waals surface area contributed by atoms with Crippen LogP contribution in [0.25, 0.3) is 28.0 Å². The predicted molar refractivity (Wildman–Crippen MR) is 171 cm³/mol. The first kappa shape index (κ1) is 33.6. The molecule has 4 aromatic rings. The van der Waals surface area contributed by atoms with Crippen LogP contribution in [0.1, 0.15) is 24.0 Å². The first-order chi connectivity index (χ1) is 22.6. The second kappa shape index (κ2) is 12.3. The number of rotatable bonds is 6. The Bertz CT molecular complexity index is 2150. The summed E-state index contributed by atoms with van der Waals surface area (Å²) in [5.74, 6) is -1.87. The average Bonchev–Trinajstić information content (AvgIpc) is 2.99. The minimum absolute atomic E-state index is 0.0389. The van der Waals surface area contributed by atoms with Gasteiger partial charge < -0.3 is 14.5 Å². The van der Waals surface area contributed by atoms with Gasteiger partial charge in [0.25, 0.3) is 0 Å². The molecule has 0 bridgehead atoms. The molecule has 2 fully saturated rings. The van der Waals surface area contributed by atoms with E-state index in [9.17, 15) is 31.2 Å². The van der Waals surface area contributed by atoms with Gasteiger partial charge in [0, 0.05) is 43.4 Å². The highest BCUT2D eigenvalue weighted by molar-refractivity contribution is 7.90. The largest absolute Gasteiger partial charge is 0.417 e. The molecular formula is C32H28ClF4N5O5S. The number of sulfone groups is 1. The van der Waals surface area contributed by atoms with Crippen molar-refractivity contribution in [2.24, 2.45) is 0 Å². The van der Waals surface area contributed by atoms with Gasteiger partial charge in [-0.05, 0) is 42.8 Å². The number of alkyl halides is 3. The number of hydrogen-bond donors (Lipinski definition) is 0. The number of hydrogen-bond acceptors (Lipinski definition) is 8. The van der Waals surface area contributed by atoms with E-state index >= 15 is 4.39 Å². The average molecular weight is 706 g/mol. The Labute approximate surface area is 277 Å². The van der Waals surface area contributed by atoms with Gasteiger partial charge in [0.05, 0.1) is 39.8 Å². The number of aromatic nitrogens is 3. The lowest BCUT2D eigenvalue weighted by Gasteiger charge is -2.40. The van der Waals surface area contributed by atoms with Gasteiger partial charge in [-0.2, -0.15) is 18.2 Å². The van der Waals surface area contributed by atoms with Crippen LogP contribution >= 0.6 is 11.6 Å². The maximum atomic E-state index is 16.2. The van der Waals surface area contributed by atoms with Crippen molar-refractivity contribution >= 4 is 44.2 Å². The number of nitrogens with zero attached hydrogens (tertiary/aromatic N) is 5. The molecule has 4 heterocycles. The summed E-state index contributed by atoms with van der Waals surface area (Å²) in [5, 5.41) is -0.523. The number of amides is 1. The van der Waals surface area contributed by atoms with E-state index in [4.69, 9.17) is 16.3 Å². The predicted octanol–water partition coefficient (Wildman–Crippen LogP) is 5.00. The van der Waals surface area contributed by atoms with Gasteiger partial charge in [0.1, 0.15) is 17.3 Å². The van der Waals surface area contributed by atoms with Gasteiger partial charge >= 0.3 is 11.9 Å². The minimum Gasteiger partial charge on any atom is -0.380 e. The summed E-state index contributed by atoms with van der Waals surface area (Å²) in [7, 11) is -4.02. The highest BCUT2D eigenvalue weighted by Gasteiger charge is 2.37. The van der Waals surface area contributed by atoms with Crippen LogP contribution < -0.4 is 10.6 Å². The van der Waals surface area contributed by atoms with Crippen LogP contribution in [0.15, 0.2) is 64.8 Å². The van der Waals surface area contributed by atoms with Crippen molar-refractivity contribution in [3.8, 4) is 16.9 Å². The van der Waals surface area contributed by atoms with Gasteiger partial charge in [-0.1, -0.05) is 36.4 Å². The fourth-order valence-corrected chi connectivity index (χ4v) is 7.28. The van der Waals surface area contributed by atoms with Crippen LogP contribution in [0.4, 0.5) is 23.4 Å². The Morgan fingerprint density at radius 1 is 1.12 bits per heavy atom. The van der Waals surface area contributed by atoms with Crippen molar-refractivity contribution in [2.75, 3.05) is 44.0 Å². The Balaban J connectivity index is 1.71. The first-order valence-corrected chi connectivity index (χ1v) is 17.0. The summed E-state index contributed by atoms with van der Waals surface area (Å²) in [6.45, 7) is 6.25. The molecule has 0 N–H and O–H groups in total. The van der Waals surface area contributed by atoms with Gasteiger partial charge in [-0.3, -0.25) is 4.79 Å². The zero-order valence-corrected chi connectivity index (χ0v) is 27.2. The molecule has 2 aromatic carbocycles. The highest BCUT2D eigenvalue weighted by atomic mass is 35.5. The summed E-state index contributed by atoms with van der Waals surface area (Å²) in [4.78, 5) is 38.1. The molecule has 0 unspecified atom stereocenters. The second-order valence-electron chi connectivity index (χ2n) is 11.6. The van der Waals surface area contributed by atoms with Gasteiger partial charge in [0.2, 0.25) is 5.91 Å². The van der Waals surface area contributed by atoms with Crippen LogP contribution in [0, 0.1) is 5.82 Å². The van der Waals surface area contributed by atoms with Gasteiger partial charge in [0.15, 0.2) is 15.5 Å². The summed E-state index contributed by atoms with van der Waals surface area (Å²) in [6.07, 6.45) is -2.83. The maximum Gasteiger partial charge on any atom is 0.417 e. The number of pyridine rings is 1. The minimum atomic E-state index is -4.95. The van der Waals surface area contributed by atoms with Gasteiger partial charge in [-0.15, -0.1) is 0 Å². The van der Waals surface area contributed by atoms with Crippen LogP contribution in [0.5, 0.6) is 0 Å². The Hall–Kier alpha value is -4.34. The molecule has 2 aromatic heterocycles. The van der Waals surface area contributed by atoms with E-state index in [2.05, 4.69) is 16.5 Å². The number of carbonyl (C=O) groups is 1. The highest BCUT2D eigenvalue weighted by Crippen LogP contribution is 2.43. The molecule has 6 rings (SSSR count). The normalized spacial score (nSPS) is 17.4. The zero-order valence-electron chi connectivity index (χ0n) is 25.6. The first-order valence-electron chi connectivity index (χ1n) is 14.7. The molecule has 0 spiro atoms. The van der Waals surface area contributed by atoms with Crippen LogP contribution in [-0.4, -0.2) is 78.9 Å². The standard InChI is InChI=1S/C32H28ClF4N5O5S/c1-4-25(43)40-11-12-41(17(2)14-40)29-20-13-23(34)27(26-21(32(35,36)37)8-6-9-22(26)33)38-30(20)42(31(44)39-29)28-19(18-15-47-16-18)7-5-10-24(28)48(3,45)46/h4-10,13,17-18H,1,11-12,14-16H2,2-3H3/t17-/m0/s1. The fourth-order valence-electron chi connectivity index (χ4n) is 6.13. The number of anilines is 1. The molecule has 0 aliphatic carbocycles.